The van der Waals surface area contributed by atoms with Crippen molar-refractivity contribution in [3.63, 3.8) is 0 Å². The van der Waals surface area contributed by atoms with Gasteiger partial charge in [-0.05, 0) is 64.1 Å². The summed E-state index contributed by atoms with van der Waals surface area (Å²) in [7, 11) is 0. The molecule has 9 aromatic rings. The molecule has 0 fully saturated rings. The van der Waals surface area contributed by atoms with E-state index in [1.165, 1.54) is 33.2 Å². The zero-order chi connectivity index (χ0) is 42.3. The summed E-state index contributed by atoms with van der Waals surface area (Å²) in [5, 5.41) is 13.7. The van der Waals surface area contributed by atoms with Gasteiger partial charge in [0, 0.05) is 31.2 Å². The van der Waals surface area contributed by atoms with Crippen LogP contribution in [0.15, 0.2) is 120 Å². The summed E-state index contributed by atoms with van der Waals surface area (Å²) in [6.07, 6.45) is 3.27. The van der Waals surface area contributed by atoms with Crippen molar-refractivity contribution >= 4 is 61.5 Å². The number of nitriles is 1. The minimum Gasteiger partial charge on any atom is -0.486 e. The first-order valence-corrected chi connectivity index (χ1v) is 28.3. The molecule has 0 atom stereocenters. The Labute approximate surface area is 375 Å². The predicted octanol–water partition coefficient (Wildman–Crippen LogP) is 13.3. The van der Waals surface area contributed by atoms with E-state index in [0.29, 0.717) is 22.9 Å². The molecule has 1 radical (unpaired) electrons. The molecule has 0 unspecified atom stereocenters. The second-order valence-corrected chi connectivity index (χ2v) is 28.3. The number of pyridine rings is 2. The smallest absolute Gasteiger partial charge is 0.217 e. The Hall–Kier alpha value is -5.39. The van der Waals surface area contributed by atoms with Crippen LogP contribution in [0.2, 0.25) is 17.3 Å². The molecule has 0 spiro atoms. The van der Waals surface area contributed by atoms with E-state index in [9.17, 15) is 5.26 Å². The number of hydrogen-bond donors (Lipinski definition) is 0. The van der Waals surface area contributed by atoms with Crippen molar-refractivity contribution in [2.75, 3.05) is 0 Å². The van der Waals surface area contributed by atoms with E-state index < -0.39 is 13.3 Å². The van der Waals surface area contributed by atoms with Gasteiger partial charge < -0.3 is 8.98 Å². The minimum absolute atomic E-state index is 0. The van der Waals surface area contributed by atoms with Gasteiger partial charge in [0.05, 0.1) is 22.4 Å². The Balaban J connectivity index is 0.000000226. The van der Waals surface area contributed by atoms with Gasteiger partial charge in [-0.25, -0.2) is 4.98 Å². The molecule has 9 rings (SSSR count). The normalized spacial score (nSPS) is 11.7. The third kappa shape index (κ3) is 8.60. The van der Waals surface area contributed by atoms with Crippen molar-refractivity contribution in [3.8, 4) is 34.4 Å². The van der Waals surface area contributed by atoms with Gasteiger partial charge in [-0.2, -0.15) is 5.26 Å². The van der Waals surface area contributed by atoms with E-state index in [4.69, 9.17) is 14.4 Å². The summed E-state index contributed by atoms with van der Waals surface area (Å²) in [4.78, 5) is 14.3. The van der Waals surface area contributed by atoms with Crippen molar-refractivity contribution in [3.05, 3.63) is 150 Å². The molecule has 0 aliphatic carbocycles. The third-order valence-corrected chi connectivity index (χ3v) is 15.5. The molecule has 0 aliphatic heterocycles. The zero-order valence-electron chi connectivity index (χ0n) is 36.4. The standard InChI is InChI=1S/C35H27N4O.C18H24GeN.Ir/c1-20(2)28-18-22-10-5-6-11-24(22)31(21(3)4)32(28)39-30-15-8-7-14-29(30)38-34(39)27-13-9-12-25-26-17-16-23(19-36)37-35(26)40-33(25)27;1-14(2)11-16-12-18(15-9-7-6-8-10-15)20-13-17(16)19(3,4)5;/h5-12,14-18,20-21H,1-4H3;6-9,12-14H,11H2,1-5H3;/q2*-1;. The maximum atomic E-state index is 9.39. The molecule has 0 N–H and O–H groups in total. The van der Waals surface area contributed by atoms with Gasteiger partial charge in [0.1, 0.15) is 11.8 Å². The maximum absolute atomic E-state index is 9.39. The van der Waals surface area contributed by atoms with E-state index in [-0.39, 0.29) is 31.9 Å². The zero-order valence-corrected chi connectivity index (χ0v) is 40.9. The molecule has 6 nitrogen and oxygen atoms in total. The third-order valence-electron chi connectivity index (χ3n) is 11.1. The predicted molar refractivity (Wildman–Crippen MR) is 251 cm³/mol. The number of benzene rings is 5. The Kier molecular flexibility index (Phi) is 12.8. The van der Waals surface area contributed by atoms with Crippen LogP contribution in [-0.4, -0.2) is 32.8 Å². The molecule has 4 aromatic heterocycles. The van der Waals surface area contributed by atoms with Crippen LogP contribution in [0, 0.1) is 29.4 Å². The number of imidazole rings is 1. The number of nitrogens with zero attached hydrogens (tertiary/aromatic N) is 5. The average Bonchev–Trinajstić information content (AvgIpc) is 3.81. The van der Waals surface area contributed by atoms with Crippen LogP contribution in [0.5, 0.6) is 0 Å². The second-order valence-electron chi connectivity index (χ2n) is 17.7. The minimum atomic E-state index is -1.86. The van der Waals surface area contributed by atoms with Crippen molar-refractivity contribution in [1.82, 2.24) is 19.5 Å². The molecule has 4 heterocycles. The quantitative estimate of drug-likeness (QED) is 0.112. The van der Waals surface area contributed by atoms with Crippen LogP contribution in [0.25, 0.3) is 72.2 Å². The van der Waals surface area contributed by atoms with E-state index in [1.54, 1.807) is 10.5 Å². The van der Waals surface area contributed by atoms with E-state index >= 15 is 0 Å². The topological polar surface area (TPSA) is 80.5 Å². The van der Waals surface area contributed by atoms with Crippen LogP contribution >= 0.6 is 0 Å². The van der Waals surface area contributed by atoms with Gasteiger partial charge in [0.15, 0.2) is 0 Å². The molecule has 8 heteroatoms. The molecule has 0 bridgehead atoms. The fraction of sp³-hybridized carbons (Fsp3) is 0.245. The molecule has 0 saturated heterocycles. The van der Waals surface area contributed by atoms with Crippen molar-refractivity contribution in [2.24, 2.45) is 5.92 Å². The number of rotatable bonds is 8. The van der Waals surface area contributed by atoms with Gasteiger partial charge in [-0.1, -0.05) is 75.0 Å². The average molecular weight is 1040 g/mol. The summed E-state index contributed by atoms with van der Waals surface area (Å²) in [5.41, 5.74) is 11.5. The first-order chi connectivity index (χ1) is 28.8. The first kappa shape index (κ1) is 43.7. The summed E-state index contributed by atoms with van der Waals surface area (Å²) in [6.45, 7) is 13.6. The molecular formula is C53H51GeIrN5O-2. The molecule has 309 valence electrons. The van der Waals surface area contributed by atoms with E-state index in [1.807, 2.05) is 42.5 Å². The van der Waals surface area contributed by atoms with E-state index in [2.05, 4.69) is 153 Å². The van der Waals surface area contributed by atoms with Gasteiger partial charge in [-0.15, -0.1) is 18.2 Å². The number of para-hydroxylation sites is 2. The molecule has 0 saturated carbocycles. The van der Waals surface area contributed by atoms with Gasteiger partial charge in [0.25, 0.3) is 0 Å². The van der Waals surface area contributed by atoms with Crippen LogP contribution in [-0.2, 0) is 26.5 Å². The Morgan fingerprint density at radius 1 is 0.770 bits per heavy atom. The summed E-state index contributed by atoms with van der Waals surface area (Å²) in [6, 6.07) is 46.0. The van der Waals surface area contributed by atoms with Crippen LogP contribution in [0.1, 0.15) is 75.8 Å². The number of fused-ring (bicyclic) bond motifs is 5. The van der Waals surface area contributed by atoms with Gasteiger partial charge in [0.2, 0.25) is 5.71 Å². The molecule has 5 aromatic carbocycles. The molecular weight excluding hydrogens is 987 g/mol. The van der Waals surface area contributed by atoms with Gasteiger partial charge in [-0.3, -0.25) is 4.98 Å². The van der Waals surface area contributed by atoms with Crippen LogP contribution in [0.3, 0.4) is 0 Å². The number of aromatic nitrogens is 4. The second kappa shape index (κ2) is 17.9. The van der Waals surface area contributed by atoms with Crippen LogP contribution < -0.4 is 4.40 Å². The number of furan rings is 1. The molecule has 61 heavy (non-hydrogen) atoms. The maximum Gasteiger partial charge on any atom is 0.217 e. The molecule has 0 amide bonds. The monoisotopic (exact) mass is 1040 g/mol. The molecule has 0 aliphatic rings. The van der Waals surface area contributed by atoms with Crippen LogP contribution in [0.4, 0.5) is 0 Å². The first-order valence-electron chi connectivity index (χ1n) is 21.0. The number of hydrogen-bond acceptors (Lipinski definition) is 5. The SMILES string of the molecule is CC(C)Cc1cc(-c2[c-]cccc2)nc[c]1[Ge]([CH3])([CH3])[CH3].CC(C)c1cc2ccccc2c(C(C)C)c1-n1c(-c2[c-]ccc3c2oc2nc(C#N)ccc23)nc2ccccc21.[Ir]. The van der Waals surface area contributed by atoms with Gasteiger partial charge >= 0.3 is 126 Å². The van der Waals surface area contributed by atoms with Crippen molar-refractivity contribution in [1.29, 1.82) is 5.26 Å². The Morgan fingerprint density at radius 3 is 2.23 bits per heavy atom. The largest absolute Gasteiger partial charge is 0.486 e. The summed E-state index contributed by atoms with van der Waals surface area (Å²) < 4.78 is 10.2. The van der Waals surface area contributed by atoms with Crippen molar-refractivity contribution in [2.45, 2.75) is 77.1 Å². The fourth-order valence-electron chi connectivity index (χ4n) is 8.41. The summed E-state index contributed by atoms with van der Waals surface area (Å²) >= 11 is -1.86. The van der Waals surface area contributed by atoms with Crippen molar-refractivity contribution < 1.29 is 24.5 Å². The fourth-order valence-corrected chi connectivity index (χ4v) is 11.7. The van der Waals surface area contributed by atoms with E-state index in [0.717, 1.165) is 50.9 Å². The Bertz CT molecular complexity index is 3060. The summed E-state index contributed by atoms with van der Waals surface area (Å²) in [5.74, 6) is 9.32. The Morgan fingerprint density at radius 2 is 1.52 bits per heavy atom.